The summed E-state index contributed by atoms with van der Waals surface area (Å²) >= 11 is 0. The molecule has 0 saturated heterocycles. The van der Waals surface area contributed by atoms with E-state index in [1.165, 1.54) is 0 Å². The van der Waals surface area contributed by atoms with Gasteiger partial charge in [-0.15, -0.1) is 0 Å². The highest BCUT2D eigenvalue weighted by Gasteiger charge is 2.39. The van der Waals surface area contributed by atoms with Crippen LogP contribution in [0.5, 0.6) is 5.75 Å². The molecule has 1 heterocycles. The van der Waals surface area contributed by atoms with Crippen LogP contribution in [0.1, 0.15) is 19.4 Å². The third-order valence-electron chi connectivity index (χ3n) is 2.88. The highest BCUT2D eigenvalue weighted by Crippen LogP contribution is 2.42. The molecule has 15 heavy (non-hydrogen) atoms. The van der Waals surface area contributed by atoms with E-state index in [4.69, 9.17) is 9.99 Å². The van der Waals surface area contributed by atoms with E-state index in [-0.39, 0.29) is 0 Å². The normalized spacial score (nSPS) is 23.6. The van der Waals surface area contributed by atoms with Gasteiger partial charge in [-0.05, 0) is 32.0 Å². The summed E-state index contributed by atoms with van der Waals surface area (Å²) in [4.78, 5) is 8.88. The van der Waals surface area contributed by atoms with Crippen molar-refractivity contribution in [1.82, 2.24) is 0 Å². The Balaban J connectivity index is 2.56. The maximum Gasteiger partial charge on any atom is 0.165 e. The van der Waals surface area contributed by atoms with Crippen molar-refractivity contribution in [3.8, 4) is 5.75 Å². The lowest BCUT2D eigenvalue weighted by Crippen LogP contribution is -2.29. The highest BCUT2D eigenvalue weighted by molar-refractivity contribution is 5.98. The number of hydrogen-bond donors (Lipinski definition) is 1. The Morgan fingerprint density at radius 2 is 2.13 bits per heavy atom. The maximum atomic E-state index is 8.98. The van der Waals surface area contributed by atoms with Gasteiger partial charge >= 0.3 is 0 Å². The Bertz CT molecular complexity index is 428. The minimum Gasteiger partial charge on any atom is -0.497 e. The van der Waals surface area contributed by atoms with Crippen molar-refractivity contribution in [1.29, 1.82) is 0 Å². The van der Waals surface area contributed by atoms with E-state index in [9.17, 15) is 0 Å². The third-order valence-corrected chi connectivity index (χ3v) is 2.88. The van der Waals surface area contributed by atoms with Gasteiger partial charge < -0.3 is 4.74 Å². The first-order chi connectivity index (χ1) is 7.11. The molecule has 1 aliphatic rings. The van der Waals surface area contributed by atoms with Crippen molar-refractivity contribution >= 4 is 11.4 Å². The second kappa shape index (κ2) is 3.32. The zero-order chi connectivity index (χ0) is 11.1. The molecule has 1 atom stereocenters. The topological polar surface area (TPSA) is 51.0 Å². The molecule has 0 spiro atoms. The van der Waals surface area contributed by atoms with Gasteiger partial charge in [-0.3, -0.25) is 10.2 Å². The van der Waals surface area contributed by atoms with Crippen LogP contribution in [0.3, 0.4) is 0 Å². The molecule has 0 aliphatic carbocycles. The van der Waals surface area contributed by atoms with E-state index in [1.54, 1.807) is 14.0 Å². The zero-order valence-corrected chi connectivity index (χ0v) is 8.94. The Morgan fingerprint density at radius 3 is 2.73 bits per heavy atom. The zero-order valence-electron chi connectivity index (χ0n) is 8.94. The summed E-state index contributed by atoms with van der Waals surface area (Å²) in [6.07, 6.45) is 0. The molecule has 4 heteroatoms. The molecule has 1 aromatic carbocycles. The number of benzene rings is 1. The minimum absolute atomic E-state index is 0.724. The molecule has 1 N–H and O–H groups in total. The van der Waals surface area contributed by atoms with Gasteiger partial charge in [0.05, 0.1) is 18.5 Å². The van der Waals surface area contributed by atoms with Gasteiger partial charge in [-0.25, -0.2) is 4.89 Å². The van der Waals surface area contributed by atoms with Crippen molar-refractivity contribution in [2.75, 3.05) is 7.11 Å². The summed E-state index contributed by atoms with van der Waals surface area (Å²) in [5.41, 5.74) is 1.50. The predicted octanol–water partition coefficient (Wildman–Crippen LogP) is 2.51. The Labute approximate surface area is 88.1 Å². The summed E-state index contributed by atoms with van der Waals surface area (Å²) < 4.78 is 5.12. The van der Waals surface area contributed by atoms with Gasteiger partial charge in [0.15, 0.2) is 5.60 Å². The fourth-order valence-corrected chi connectivity index (χ4v) is 1.72. The molecule has 0 bridgehead atoms. The number of fused-ring (bicyclic) bond motifs is 1. The molecule has 1 aromatic rings. The van der Waals surface area contributed by atoms with Gasteiger partial charge in [0.1, 0.15) is 5.75 Å². The molecule has 0 aromatic heterocycles. The van der Waals surface area contributed by atoms with E-state index in [2.05, 4.69) is 9.88 Å². The summed E-state index contributed by atoms with van der Waals surface area (Å²) in [6, 6.07) is 5.51. The largest absolute Gasteiger partial charge is 0.497 e. The Morgan fingerprint density at radius 1 is 1.40 bits per heavy atom. The molecule has 1 unspecified atom stereocenters. The van der Waals surface area contributed by atoms with E-state index in [1.807, 2.05) is 25.1 Å². The molecule has 2 rings (SSSR count). The van der Waals surface area contributed by atoms with Crippen molar-refractivity contribution in [2.24, 2.45) is 4.99 Å². The van der Waals surface area contributed by atoms with E-state index in [0.29, 0.717) is 0 Å². The molecule has 0 saturated carbocycles. The standard InChI is InChI=1S/C11H13NO3/c1-7-11(2,15-13)9-6-8(14-3)4-5-10(9)12-7/h4-6,13H,1-3H3. The summed E-state index contributed by atoms with van der Waals surface area (Å²) in [5, 5.41) is 8.98. The molecule has 0 amide bonds. The quantitative estimate of drug-likeness (QED) is 0.598. The van der Waals surface area contributed by atoms with Gasteiger partial charge in [0.25, 0.3) is 0 Å². The van der Waals surface area contributed by atoms with Crippen LogP contribution in [0.25, 0.3) is 0 Å². The highest BCUT2D eigenvalue weighted by atomic mass is 17.1. The molecule has 0 fully saturated rings. The maximum absolute atomic E-state index is 8.98. The van der Waals surface area contributed by atoms with Crippen LogP contribution in [0, 0.1) is 0 Å². The molecule has 80 valence electrons. The number of nitrogens with zero attached hydrogens (tertiary/aromatic N) is 1. The van der Waals surface area contributed by atoms with Gasteiger partial charge in [-0.1, -0.05) is 0 Å². The number of rotatable bonds is 2. The van der Waals surface area contributed by atoms with Crippen LogP contribution in [-0.2, 0) is 10.5 Å². The lowest BCUT2D eigenvalue weighted by Gasteiger charge is -2.21. The summed E-state index contributed by atoms with van der Waals surface area (Å²) in [5.74, 6) is 0.724. The second-order valence-corrected chi connectivity index (χ2v) is 3.70. The smallest absolute Gasteiger partial charge is 0.165 e. The minimum atomic E-state index is -0.857. The number of aliphatic imine (C=N–C) groups is 1. The van der Waals surface area contributed by atoms with Crippen LogP contribution in [-0.4, -0.2) is 18.1 Å². The Hall–Kier alpha value is -1.39. The number of methoxy groups -OCH3 is 1. The first kappa shape index (κ1) is 10.1. The van der Waals surface area contributed by atoms with E-state index < -0.39 is 5.60 Å². The van der Waals surface area contributed by atoms with Gasteiger partial charge in [-0.2, -0.15) is 0 Å². The summed E-state index contributed by atoms with van der Waals surface area (Å²) in [6.45, 7) is 3.60. The van der Waals surface area contributed by atoms with E-state index >= 15 is 0 Å². The lowest BCUT2D eigenvalue weighted by molar-refractivity contribution is -0.299. The van der Waals surface area contributed by atoms with Crippen molar-refractivity contribution in [2.45, 2.75) is 19.4 Å². The predicted molar refractivity (Wildman–Crippen MR) is 56.8 cm³/mol. The molecule has 0 radical (unpaired) electrons. The number of hydrogen-bond acceptors (Lipinski definition) is 4. The van der Waals surface area contributed by atoms with Crippen LogP contribution in [0.15, 0.2) is 23.2 Å². The van der Waals surface area contributed by atoms with Gasteiger partial charge in [0, 0.05) is 5.56 Å². The van der Waals surface area contributed by atoms with Crippen LogP contribution >= 0.6 is 0 Å². The molecule has 4 nitrogen and oxygen atoms in total. The average molecular weight is 207 g/mol. The molecule has 1 aliphatic heterocycles. The van der Waals surface area contributed by atoms with Crippen LogP contribution in [0.2, 0.25) is 0 Å². The van der Waals surface area contributed by atoms with Crippen molar-refractivity contribution in [3.63, 3.8) is 0 Å². The summed E-state index contributed by atoms with van der Waals surface area (Å²) in [7, 11) is 1.60. The molecular weight excluding hydrogens is 194 g/mol. The molecular formula is C11H13NO3. The first-order valence-electron chi connectivity index (χ1n) is 4.68. The second-order valence-electron chi connectivity index (χ2n) is 3.70. The fraction of sp³-hybridized carbons (Fsp3) is 0.364. The van der Waals surface area contributed by atoms with Crippen LogP contribution < -0.4 is 4.74 Å². The van der Waals surface area contributed by atoms with Gasteiger partial charge in [0.2, 0.25) is 0 Å². The fourth-order valence-electron chi connectivity index (χ4n) is 1.72. The van der Waals surface area contributed by atoms with Crippen molar-refractivity contribution in [3.05, 3.63) is 23.8 Å². The Kier molecular flexibility index (Phi) is 2.25. The monoisotopic (exact) mass is 207 g/mol. The first-order valence-corrected chi connectivity index (χ1v) is 4.68. The van der Waals surface area contributed by atoms with E-state index in [0.717, 1.165) is 22.7 Å². The van der Waals surface area contributed by atoms with Crippen molar-refractivity contribution < 1.29 is 14.9 Å². The number of ether oxygens (including phenoxy) is 1. The third kappa shape index (κ3) is 1.33. The average Bonchev–Trinajstić information content (AvgIpc) is 2.52. The lowest BCUT2D eigenvalue weighted by atomic mass is 9.93. The SMILES string of the molecule is COc1ccc2c(c1)C(C)(OO)C(C)=N2. The van der Waals surface area contributed by atoms with Crippen LogP contribution in [0.4, 0.5) is 5.69 Å².